The van der Waals surface area contributed by atoms with E-state index in [0.29, 0.717) is 44.5 Å². The number of carbonyl (C=O) groups excluding carboxylic acids is 2. The number of hydrogen-bond donors (Lipinski definition) is 1. The van der Waals surface area contributed by atoms with Gasteiger partial charge in [-0.2, -0.15) is 5.26 Å². The summed E-state index contributed by atoms with van der Waals surface area (Å²) in [6.07, 6.45) is 2.66. The van der Waals surface area contributed by atoms with Crippen molar-refractivity contribution in [3.63, 3.8) is 0 Å². The molecule has 0 saturated carbocycles. The summed E-state index contributed by atoms with van der Waals surface area (Å²) in [7, 11) is 1.63. The minimum absolute atomic E-state index is 0.321. The molecule has 218 valence electrons. The van der Waals surface area contributed by atoms with Crippen molar-refractivity contribution in [2.24, 2.45) is 0 Å². The van der Waals surface area contributed by atoms with E-state index in [4.69, 9.17) is 13.9 Å². The van der Waals surface area contributed by atoms with Crippen LogP contribution >= 0.6 is 0 Å². The lowest BCUT2D eigenvalue weighted by molar-refractivity contribution is -0.128. The molecule has 4 rings (SSSR count). The van der Waals surface area contributed by atoms with Gasteiger partial charge in [0.05, 0.1) is 11.6 Å². The summed E-state index contributed by atoms with van der Waals surface area (Å²) in [5.74, 6) is -0.737. The summed E-state index contributed by atoms with van der Waals surface area (Å²) < 4.78 is 17.6. The molecule has 41 heavy (non-hydrogen) atoms. The molecule has 0 spiro atoms. The minimum atomic E-state index is -0.750. The Kier molecular flexibility index (Phi) is 9.50. The van der Waals surface area contributed by atoms with Crippen LogP contribution in [0.1, 0.15) is 52.0 Å². The van der Waals surface area contributed by atoms with Crippen LogP contribution in [0.5, 0.6) is 0 Å². The van der Waals surface area contributed by atoms with E-state index in [1.807, 2.05) is 36.4 Å². The fourth-order valence-electron chi connectivity index (χ4n) is 5.03. The number of methoxy groups -OCH3 is 1. The van der Waals surface area contributed by atoms with Crippen LogP contribution in [0.2, 0.25) is 0 Å². The van der Waals surface area contributed by atoms with Crippen molar-refractivity contribution in [3.8, 4) is 17.2 Å². The van der Waals surface area contributed by atoms with Crippen LogP contribution < -0.4 is 11.1 Å². The lowest BCUT2D eigenvalue weighted by Crippen LogP contribution is -2.54. The zero-order valence-corrected chi connectivity index (χ0v) is 24.1. The Bertz CT molecular complexity index is 1460. The van der Waals surface area contributed by atoms with Crippen molar-refractivity contribution in [1.29, 1.82) is 5.26 Å². The number of oxazole rings is 1. The Balaban J connectivity index is 1.43. The van der Waals surface area contributed by atoms with E-state index >= 15 is 0 Å². The largest absolute Gasteiger partial charge is 0.444 e. The number of amides is 2. The third-order valence-electron chi connectivity index (χ3n) is 7.03. The molecule has 1 aromatic heterocycles. The summed E-state index contributed by atoms with van der Waals surface area (Å²) in [4.78, 5) is 39.6. The third-order valence-corrected chi connectivity index (χ3v) is 7.03. The third kappa shape index (κ3) is 7.55. The van der Waals surface area contributed by atoms with Gasteiger partial charge in [0, 0.05) is 33.2 Å². The van der Waals surface area contributed by atoms with Crippen LogP contribution in [-0.2, 0) is 27.2 Å². The van der Waals surface area contributed by atoms with Gasteiger partial charge in [-0.3, -0.25) is 14.3 Å². The van der Waals surface area contributed by atoms with Gasteiger partial charge >= 0.3 is 11.8 Å². The summed E-state index contributed by atoms with van der Waals surface area (Å²) in [6.45, 7) is 6.87. The Hall–Kier alpha value is -4.10. The lowest BCUT2D eigenvalue weighted by Gasteiger charge is -2.36. The molecule has 10 heteroatoms. The Labute approximate surface area is 239 Å². The van der Waals surface area contributed by atoms with Gasteiger partial charge < -0.3 is 19.2 Å². The molecule has 2 aromatic carbocycles. The standard InChI is InChI=1S/C31H38N4O6/c1-31(2,3)41-30(38)34-15-6-5-8-25(34)28(36)33-24(20-32)18-21-9-11-22(12-10-21)23-13-14-27-26(19-23)35(29(37)40-27)16-7-17-39-4/h9-14,19,24-25H,5-8,15-18H2,1-4H3,(H,33,36). The highest BCUT2D eigenvalue weighted by molar-refractivity contribution is 5.86. The van der Waals surface area contributed by atoms with E-state index < -0.39 is 29.5 Å². The zero-order chi connectivity index (χ0) is 29.6. The molecule has 2 unspecified atom stereocenters. The molecule has 1 N–H and O–H groups in total. The number of benzene rings is 2. The molecule has 1 aliphatic rings. The summed E-state index contributed by atoms with van der Waals surface area (Å²) >= 11 is 0. The Morgan fingerprint density at radius 1 is 1.15 bits per heavy atom. The number of aryl methyl sites for hydroxylation is 1. The Morgan fingerprint density at radius 2 is 1.88 bits per heavy atom. The number of likely N-dealkylation sites (tertiary alicyclic amines) is 1. The van der Waals surface area contributed by atoms with E-state index in [1.165, 1.54) is 4.90 Å². The number of carbonyl (C=O) groups is 2. The van der Waals surface area contributed by atoms with Crippen LogP contribution in [0, 0.1) is 11.3 Å². The molecular formula is C31H38N4O6. The van der Waals surface area contributed by atoms with Crippen LogP contribution in [-0.4, -0.2) is 59.4 Å². The number of ether oxygens (including phenoxy) is 2. The average molecular weight is 563 g/mol. The van der Waals surface area contributed by atoms with Gasteiger partial charge in [-0.05, 0) is 75.3 Å². The molecule has 1 saturated heterocycles. The quantitative estimate of drug-likeness (QED) is 0.377. The predicted molar refractivity (Wildman–Crippen MR) is 154 cm³/mol. The van der Waals surface area contributed by atoms with Gasteiger partial charge in [0.2, 0.25) is 5.91 Å². The summed E-state index contributed by atoms with van der Waals surface area (Å²) in [5, 5.41) is 12.6. The van der Waals surface area contributed by atoms with Crippen molar-refractivity contribution in [2.45, 2.75) is 77.1 Å². The SMILES string of the molecule is COCCCn1c(=O)oc2ccc(-c3ccc(CC(C#N)NC(=O)C4CCCCN4C(=O)OC(C)(C)C)cc3)cc21. The van der Waals surface area contributed by atoms with Gasteiger partial charge in [-0.1, -0.05) is 30.3 Å². The molecule has 0 radical (unpaired) electrons. The topological polar surface area (TPSA) is 127 Å². The van der Waals surface area contributed by atoms with E-state index in [2.05, 4.69) is 11.4 Å². The van der Waals surface area contributed by atoms with Crippen LogP contribution in [0.3, 0.4) is 0 Å². The number of hydrogen-bond acceptors (Lipinski definition) is 7. The van der Waals surface area contributed by atoms with Crippen molar-refractivity contribution >= 4 is 23.1 Å². The smallest absolute Gasteiger partial charge is 0.419 e. The first-order valence-corrected chi connectivity index (χ1v) is 14.0. The van der Waals surface area contributed by atoms with Gasteiger partial charge in [-0.15, -0.1) is 0 Å². The fraction of sp³-hybridized carbons (Fsp3) is 0.484. The minimum Gasteiger partial charge on any atom is -0.444 e. The number of nitrogens with zero attached hydrogens (tertiary/aromatic N) is 3. The summed E-state index contributed by atoms with van der Waals surface area (Å²) in [5.41, 5.74) is 3.35. The monoisotopic (exact) mass is 562 g/mol. The number of nitriles is 1. The molecule has 1 fully saturated rings. The fourth-order valence-corrected chi connectivity index (χ4v) is 5.03. The van der Waals surface area contributed by atoms with Crippen molar-refractivity contribution < 1.29 is 23.5 Å². The van der Waals surface area contributed by atoms with Crippen LogP contribution in [0.15, 0.2) is 51.7 Å². The van der Waals surface area contributed by atoms with Gasteiger partial charge in [-0.25, -0.2) is 9.59 Å². The molecule has 2 amide bonds. The molecule has 10 nitrogen and oxygen atoms in total. The highest BCUT2D eigenvalue weighted by Gasteiger charge is 2.35. The van der Waals surface area contributed by atoms with Crippen molar-refractivity contribution in [1.82, 2.24) is 14.8 Å². The Morgan fingerprint density at radius 3 is 2.56 bits per heavy atom. The number of rotatable bonds is 9. The zero-order valence-electron chi connectivity index (χ0n) is 24.1. The van der Waals surface area contributed by atoms with Gasteiger partial charge in [0.1, 0.15) is 17.7 Å². The van der Waals surface area contributed by atoms with Crippen molar-refractivity contribution in [3.05, 3.63) is 58.6 Å². The molecule has 0 bridgehead atoms. The maximum Gasteiger partial charge on any atom is 0.419 e. The van der Waals surface area contributed by atoms with E-state index in [1.54, 1.807) is 38.5 Å². The molecule has 2 heterocycles. The van der Waals surface area contributed by atoms with Crippen LogP contribution in [0.4, 0.5) is 4.79 Å². The molecule has 2 atom stereocenters. The lowest BCUT2D eigenvalue weighted by atomic mass is 9.99. The first kappa shape index (κ1) is 29.9. The second kappa shape index (κ2) is 13.0. The first-order chi connectivity index (χ1) is 19.6. The maximum absolute atomic E-state index is 13.1. The second-order valence-corrected chi connectivity index (χ2v) is 11.3. The number of nitrogens with one attached hydrogen (secondary N) is 1. The maximum atomic E-state index is 13.1. The highest BCUT2D eigenvalue weighted by atomic mass is 16.6. The molecule has 0 aliphatic carbocycles. The van der Waals surface area contributed by atoms with Crippen molar-refractivity contribution in [2.75, 3.05) is 20.3 Å². The average Bonchev–Trinajstić information content (AvgIpc) is 3.26. The number of aromatic nitrogens is 1. The summed E-state index contributed by atoms with van der Waals surface area (Å²) in [6, 6.07) is 14.1. The van der Waals surface area contributed by atoms with Gasteiger partial charge in [0.15, 0.2) is 5.58 Å². The second-order valence-electron chi connectivity index (χ2n) is 11.3. The first-order valence-electron chi connectivity index (χ1n) is 14.0. The highest BCUT2D eigenvalue weighted by Crippen LogP contribution is 2.25. The molecule has 1 aliphatic heterocycles. The van der Waals surface area contributed by atoms with E-state index in [-0.39, 0.29) is 5.91 Å². The number of piperidine rings is 1. The van der Waals surface area contributed by atoms with Crippen LogP contribution in [0.25, 0.3) is 22.2 Å². The predicted octanol–water partition coefficient (Wildman–Crippen LogP) is 4.64. The molecular weight excluding hydrogens is 524 g/mol. The van der Waals surface area contributed by atoms with E-state index in [0.717, 1.165) is 35.0 Å². The number of fused-ring (bicyclic) bond motifs is 1. The normalized spacial score (nSPS) is 16.3. The van der Waals surface area contributed by atoms with Gasteiger partial charge in [0.25, 0.3) is 0 Å². The van der Waals surface area contributed by atoms with E-state index in [9.17, 15) is 19.6 Å². The molecule has 3 aromatic rings.